The van der Waals surface area contributed by atoms with E-state index in [1.165, 1.54) is 37.4 Å². The molecule has 1 heterocycles. The van der Waals surface area contributed by atoms with Gasteiger partial charge in [-0.3, -0.25) is 0 Å². The van der Waals surface area contributed by atoms with Crippen LogP contribution in [0.25, 0.3) is 22.1 Å². The molecule has 7 heteroatoms. The van der Waals surface area contributed by atoms with Gasteiger partial charge in [-0.15, -0.1) is 0 Å². The van der Waals surface area contributed by atoms with Crippen LogP contribution in [-0.4, -0.2) is 22.4 Å². The van der Waals surface area contributed by atoms with Gasteiger partial charge in [0.15, 0.2) is 11.5 Å². The van der Waals surface area contributed by atoms with Crippen LogP contribution in [0.1, 0.15) is 0 Å². The van der Waals surface area contributed by atoms with Gasteiger partial charge in [-0.25, -0.2) is 4.79 Å². The topological polar surface area (TPSA) is 109 Å². The van der Waals surface area contributed by atoms with Crippen LogP contribution in [-0.2, 0) is 0 Å². The second-order valence-corrected chi connectivity index (χ2v) is 6.28. The fraction of sp³-hybridized carbons (Fsp3) is 0.0455. The number of ether oxygens (including phenoxy) is 2. The summed E-state index contributed by atoms with van der Waals surface area (Å²) < 4.78 is 16.0. The Morgan fingerprint density at radius 1 is 0.828 bits per heavy atom. The minimum Gasteiger partial charge on any atom is -0.508 e. The zero-order valence-electron chi connectivity index (χ0n) is 15.2. The largest absolute Gasteiger partial charge is 0.508 e. The van der Waals surface area contributed by atoms with Crippen LogP contribution >= 0.6 is 0 Å². The van der Waals surface area contributed by atoms with Crippen molar-refractivity contribution in [1.29, 1.82) is 0 Å². The molecule has 1 aromatic heterocycles. The minimum absolute atomic E-state index is 0.0580. The first-order valence-electron chi connectivity index (χ1n) is 8.60. The lowest BCUT2D eigenvalue weighted by atomic mass is 10.0. The van der Waals surface area contributed by atoms with Gasteiger partial charge >= 0.3 is 5.63 Å². The van der Waals surface area contributed by atoms with Gasteiger partial charge in [0.1, 0.15) is 22.8 Å². The molecule has 4 rings (SSSR count). The summed E-state index contributed by atoms with van der Waals surface area (Å²) in [6, 6.07) is 15.2. The Balaban J connectivity index is 1.85. The molecule has 0 spiro atoms. The molecule has 3 aromatic carbocycles. The molecule has 0 aliphatic rings. The number of methoxy groups -OCH3 is 1. The molecular weight excluding hydrogens is 376 g/mol. The van der Waals surface area contributed by atoms with Crippen molar-refractivity contribution >= 4 is 11.0 Å². The number of hydrogen-bond donors (Lipinski definition) is 3. The highest BCUT2D eigenvalue weighted by atomic mass is 16.5. The molecule has 0 bridgehead atoms. The monoisotopic (exact) mass is 392 g/mol. The summed E-state index contributed by atoms with van der Waals surface area (Å²) in [6.07, 6.45) is 0. The molecule has 0 saturated heterocycles. The smallest absolute Gasteiger partial charge is 0.336 e. The molecule has 0 aliphatic carbocycles. The Kier molecular flexibility index (Phi) is 4.48. The molecule has 0 unspecified atom stereocenters. The highest BCUT2D eigenvalue weighted by molar-refractivity contribution is 5.94. The summed E-state index contributed by atoms with van der Waals surface area (Å²) in [5, 5.41) is 30.2. The van der Waals surface area contributed by atoms with E-state index in [9.17, 15) is 20.1 Å². The molecule has 0 saturated carbocycles. The van der Waals surface area contributed by atoms with Crippen molar-refractivity contribution < 1.29 is 29.2 Å². The summed E-state index contributed by atoms with van der Waals surface area (Å²) in [6.45, 7) is 0. The molecule has 0 aliphatic heterocycles. The Hall–Kier alpha value is -4.13. The normalized spacial score (nSPS) is 10.8. The predicted molar refractivity (Wildman–Crippen MR) is 106 cm³/mol. The van der Waals surface area contributed by atoms with Gasteiger partial charge in [0.05, 0.1) is 7.11 Å². The summed E-state index contributed by atoms with van der Waals surface area (Å²) in [5.74, 6) is 0.526. The molecule has 29 heavy (non-hydrogen) atoms. The first kappa shape index (κ1) is 18.2. The van der Waals surface area contributed by atoms with Crippen molar-refractivity contribution in [3.8, 4) is 45.6 Å². The van der Waals surface area contributed by atoms with E-state index in [1.54, 1.807) is 30.3 Å². The van der Waals surface area contributed by atoms with E-state index in [1.807, 2.05) is 0 Å². The van der Waals surface area contributed by atoms with Crippen molar-refractivity contribution in [2.24, 2.45) is 0 Å². The summed E-state index contributed by atoms with van der Waals surface area (Å²) in [7, 11) is 1.33. The molecule has 0 fully saturated rings. The number of aromatic hydroxyl groups is 3. The van der Waals surface area contributed by atoms with Gasteiger partial charge in [0.2, 0.25) is 5.75 Å². The average molecular weight is 392 g/mol. The van der Waals surface area contributed by atoms with E-state index >= 15 is 0 Å². The molecule has 146 valence electrons. The Labute approximate surface area is 164 Å². The predicted octanol–water partition coefficient (Wildman–Crippen LogP) is 4.38. The number of fused-ring (bicyclic) bond motifs is 1. The van der Waals surface area contributed by atoms with E-state index in [-0.39, 0.29) is 23.0 Å². The third-order valence-corrected chi connectivity index (χ3v) is 4.35. The lowest BCUT2D eigenvalue weighted by Gasteiger charge is -2.12. The fourth-order valence-electron chi connectivity index (χ4n) is 3.06. The molecule has 7 nitrogen and oxygen atoms in total. The van der Waals surface area contributed by atoms with E-state index < -0.39 is 5.63 Å². The second-order valence-electron chi connectivity index (χ2n) is 6.28. The van der Waals surface area contributed by atoms with E-state index in [0.717, 1.165) is 0 Å². The number of phenolic OH excluding ortho intramolecular Hbond substituents is 3. The first-order valence-corrected chi connectivity index (χ1v) is 8.60. The molecule has 3 N–H and O–H groups in total. The van der Waals surface area contributed by atoms with Crippen LogP contribution in [0.4, 0.5) is 0 Å². The zero-order chi connectivity index (χ0) is 20.5. The standard InChI is InChI=1S/C22H16O7/c1-27-22-18(24)8-12(9-19(22)25)16-11-21(26)29-20-7-6-15(10-17(16)20)28-14-4-2-13(23)3-5-14/h2-11,23-25H,1H3. The van der Waals surface area contributed by atoms with Crippen molar-refractivity contribution in [3.05, 3.63) is 71.1 Å². The number of rotatable bonds is 4. The fourth-order valence-corrected chi connectivity index (χ4v) is 3.06. The van der Waals surface area contributed by atoms with Gasteiger partial charge in [-0.05, 0) is 60.2 Å². The van der Waals surface area contributed by atoms with Crippen LogP contribution in [0.3, 0.4) is 0 Å². The van der Waals surface area contributed by atoms with E-state index in [2.05, 4.69) is 0 Å². The average Bonchev–Trinajstić information content (AvgIpc) is 2.69. The van der Waals surface area contributed by atoms with Gasteiger partial charge < -0.3 is 29.2 Å². The van der Waals surface area contributed by atoms with Crippen molar-refractivity contribution in [1.82, 2.24) is 0 Å². The Bertz CT molecular complexity index is 1230. The first-order chi connectivity index (χ1) is 13.9. The maximum Gasteiger partial charge on any atom is 0.336 e. The van der Waals surface area contributed by atoms with Crippen LogP contribution in [0.15, 0.2) is 69.9 Å². The van der Waals surface area contributed by atoms with E-state index in [0.29, 0.717) is 33.6 Å². The summed E-state index contributed by atoms with van der Waals surface area (Å²) in [5.41, 5.74) is 0.594. The van der Waals surface area contributed by atoms with Gasteiger partial charge in [-0.2, -0.15) is 0 Å². The SMILES string of the molecule is COc1c(O)cc(-c2cc(=O)oc3ccc(Oc4ccc(O)cc4)cc23)cc1O. The summed E-state index contributed by atoms with van der Waals surface area (Å²) in [4.78, 5) is 12.0. The van der Waals surface area contributed by atoms with Crippen LogP contribution in [0, 0.1) is 0 Å². The zero-order valence-corrected chi connectivity index (χ0v) is 15.2. The maximum atomic E-state index is 12.0. The molecule has 0 amide bonds. The highest BCUT2D eigenvalue weighted by Crippen LogP contribution is 2.41. The Morgan fingerprint density at radius 3 is 2.14 bits per heavy atom. The van der Waals surface area contributed by atoms with Crippen LogP contribution < -0.4 is 15.1 Å². The lowest BCUT2D eigenvalue weighted by molar-refractivity contribution is 0.345. The summed E-state index contributed by atoms with van der Waals surface area (Å²) >= 11 is 0. The quantitative estimate of drug-likeness (QED) is 0.442. The van der Waals surface area contributed by atoms with Gasteiger partial charge in [-0.1, -0.05) is 0 Å². The molecule has 0 radical (unpaired) electrons. The van der Waals surface area contributed by atoms with Crippen molar-refractivity contribution in [2.75, 3.05) is 7.11 Å². The molecule has 0 atom stereocenters. The van der Waals surface area contributed by atoms with Crippen LogP contribution in [0.2, 0.25) is 0 Å². The van der Waals surface area contributed by atoms with E-state index in [4.69, 9.17) is 13.9 Å². The lowest BCUT2D eigenvalue weighted by Crippen LogP contribution is -1.98. The van der Waals surface area contributed by atoms with Gasteiger partial charge in [0, 0.05) is 17.0 Å². The third-order valence-electron chi connectivity index (χ3n) is 4.35. The third kappa shape index (κ3) is 3.53. The second kappa shape index (κ2) is 7.12. The van der Waals surface area contributed by atoms with Crippen molar-refractivity contribution in [3.63, 3.8) is 0 Å². The van der Waals surface area contributed by atoms with Gasteiger partial charge in [0.25, 0.3) is 0 Å². The molecular formula is C22H16O7. The number of benzene rings is 3. The number of hydrogen-bond acceptors (Lipinski definition) is 7. The Morgan fingerprint density at radius 2 is 1.48 bits per heavy atom. The number of phenols is 3. The maximum absolute atomic E-state index is 12.0. The van der Waals surface area contributed by atoms with Crippen LogP contribution in [0.5, 0.6) is 34.5 Å². The highest BCUT2D eigenvalue weighted by Gasteiger charge is 2.15. The minimum atomic E-state index is -0.575. The molecule has 4 aromatic rings. The van der Waals surface area contributed by atoms with Crippen molar-refractivity contribution in [2.45, 2.75) is 0 Å².